The number of aromatic amines is 1. The lowest BCUT2D eigenvalue weighted by molar-refractivity contribution is 0.200. The standard InChI is InChI=1S/C13H13FN2O3/c1-19-7-6-10-15-12(17)11(13(18)16-10)8-2-4-9(14)5-3-8/h2-5H,6-7H2,1H3,(H2,15,16,17,18). The van der Waals surface area contributed by atoms with E-state index in [0.717, 1.165) is 0 Å². The number of nitrogens with zero attached hydrogens (tertiary/aromatic N) is 1. The van der Waals surface area contributed by atoms with E-state index >= 15 is 0 Å². The van der Waals surface area contributed by atoms with Gasteiger partial charge in [-0.25, -0.2) is 4.39 Å². The highest BCUT2D eigenvalue weighted by Crippen LogP contribution is 2.23. The van der Waals surface area contributed by atoms with Crippen LogP contribution in [0.2, 0.25) is 0 Å². The van der Waals surface area contributed by atoms with Gasteiger partial charge < -0.3 is 14.8 Å². The molecule has 6 heteroatoms. The molecule has 2 aromatic rings. The highest BCUT2D eigenvalue weighted by molar-refractivity contribution is 5.66. The molecule has 100 valence electrons. The first-order valence-corrected chi connectivity index (χ1v) is 5.69. The second-order valence-electron chi connectivity index (χ2n) is 3.96. The van der Waals surface area contributed by atoms with Gasteiger partial charge in [0.1, 0.15) is 17.2 Å². The van der Waals surface area contributed by atoms with Crippen molar-refractivity contribution in [3.05, 3.63) is 46.3 Å². The first-order valence-electron chi connectivity index (χ1n) is 5.69. The first kappa shape index (κ1) is 13.2. The van der Waals surface area contributed by atoms with Crippen LogP contribution in [-0.2, 0) is 11.2 Å². The van der Waals surface area contributed by atoms with E-state index in [1.165, 1.54) is 31.4 Å². The van der Waals surface area contributed by atoms with Gasteiger partial charge in [-0.3, -0.25) is 4.79 Å². The van der Waals surface area contributed by atoms with Gasteiger partial charge in [0.2, 0.25) is 5.88 Å². The van der Waals surface area contributed by atoms with Gasteiger partial charge in [-0.1, -0.05) is 12.1 Å². The minimum Gasteiger partial charge on any atom is -0.493 e. The minimum atomic E-state index is -0.467. The second kappa shape index (κ2) is 5.62. The van der Waals surface area contributed by atoms with Crippen LogP contribution >= 0.6 is 0 Å². The summed E-state index contributed by atoms with van der Waals surface area (Å²) >= 11 is 0. The van der Waals surface area contributed by atoms with Crippen LogP contribution in [0.3, 0.4) is 0 Å². The lowest BCUT2D eigenvalue weighted by Gasteiger charge is -2.06. The van der Waals surface area contributed by atoms with E-state index in [1.807, 2.05) is 0 Å². The van der Waals surface area contributed by atoms with Crippen LogP contribution in [-0.4, -0.2) is 28.8 Å². The van der Waals surface area contributed by atoms with Crippen molar-refractivity contribution in [1.82, 2.24) is 9.97 Å². The zero-order chi connectivity index (χ0) is 13.8. The zero-order valence-electron chi connectivity index (χ0n) is 10.3. The quantitative estimate of drug-likeness (QED) is 0.876. The third-order valence-corrected chi connectivity index (χ3v) is 2.63. The van der Waals surface area contributed by atoms with Crippen LogP contribution in [0.25, 0.3) is 11.1 Å². The predicted octanol–water partition coefficient (Wildman–Crippen LogP) is 1.47. The largest absolute Gasteiger partial charge is 0.493 e. The molecule has 1 aromatic heterocycles. The summed E-state index contributed by atoms with van der Waals surface area (Å²) in [4.78, 5) is 18.4. The Morgan fingerprint density at radius 1 is 1.37 bits per heavy atom. The maximum absolute atomic E-state index is 12.8. The maximum Gasteiger partial charge on any atom is 0.262 e. The Balaban J connectivity index is 2.42. The van der Waals surface area contributed by atoms with Gasteiger partial charge in [0.15, 0.2) is 0 Å². The molecule has 2 N–H and O–H groups in total. The monoisotopic (exact) mass is 264 g/mol. The molecule has 0 atom stereocenters. The van der Waals surface area contributed by atoms with Crippen molar-refractivity contribution in [2.75, 3.05) is 13.7 Å². The molecule has 0 aliphatic carbocycles. The van der Waals surface area contributed by atoms with Crippen molar-refractivity contribution in [3.63, 3.8) is 0 Å². The molecule has 0 saturated heterocycles. The van der Waals surface area contributed by atoms with E-state index in [0.29, 0.717) is 24.4 Å². The van der Waals surface area contributed by atoms with Crippen molar-refractivity contribution < 1.29 is 14.2 Å². The minimum absolute atomic E-state index is 0.0289. The Labute approximate surface area is 108 Å². The van der Waals surface area contributed by atoms with Gasteiger partial charge in [0.05, 0.1) is 6.61 Å². The van der Waals surface area contributed by atoms with Crippen molar-refractivity contribution in [3.8, 4) is 17.0 Å². The summed E-state index contributed by atoms with van der Waals surface area (Å²) in [5, 5.41) is 9.83. The fourth-order valence-corrected chi connectivity index (χ4v) is 1.70. The summed E-state index contributed by atoms with van der Waals surface area (Å²) in [5.74, 6) is -0.444. The normalized spacial score (nSPS) is 10.6. The van der Waals surface area contributed by atoms with Crippen LogP contribution < -0.4 is 5.56 Å². The Kier molecular flexibility index (Phi) is 3.91. The van der Waals surface area contributed by atoms with E-state index in [9.17, 15) is 14.3 Å². The topological polar surface area (TPSA) is 75.2 Å². The van der Waals surface area contributed by atoms with E-state index in [4.69, 9.17) is 4.74 Å². The Bertz CT molecular complexity index is 623. The van der Waals surface area contributed by atoms with E-state index in [2.05, 4.69) is 9.97 Å². The van der Waals surface area contributed by atoms with E-state index in [1.54, 1.807) is 0 Å². The highest BCUT2D eigenvalue weighted by atomic mass is 19.1. The molecule has 0 amide bonds. The average molecular weight is 264 g/mol. The molecule has 0 unspecified atom stereocenters. The smallest absolute Gasteiger partial charge is 0.262 e. The first-order chi connectivity index (χ1) is 9.11. The Morgan fingerprint density at radius 2 is 2.05 bits per heavy atom. The van der Waals surface area contributed by atoms with Gasteiger partial charge in [-0.05, 0) is 17.7 Å². The molecule has 0 radical (unpaired) electrons. The van der Waals surface area contributed by atoms with Crippen molar-refractivity contribution in [2.24, 2.45) is 0 Å². The molecule has 1 aromatic carbocycles. The Morgan fingerprint density at radius 3 is 2.63 bits per heavy atom. The fourth-order valence-electron chi connectivity index (χ4n) is 1.70. The highest BCUT2D eigenvalue weighted by Gasteiger charge is 2.12. The molecule has 0 bridgehead atoms. The van der Waals surface area contributed by atoms with E-state index < -0.39 is 11.4 Å². The number of aromatic hydroxyl groups is 1. The summed E-state index contributed by atoms with van der Waals surface area (Å²) < 4.78 is 17.7. The molecule has 5 nitrogen and oxygen atoms in total. The number of benzene rings is 1. The summed E-state index contributed by atoms with van der Waals surface area (Å²) in [5.41, 5.74) is -0.0303. The summed E-state index contributed by atoms with van der Waals surface area (Å²) in [6.45, 7) is 0.387. The SMILES string of the molecule is COCCc1nc(O)c(-c2ccc(F)cc2)c(=O)[nH]1. The molecule has 0 aliphatic heterocycles. The average Bonchev–Trinajstić information content (AvgIpc) is 2.38. The number of rotatable bonds is 4. The van der Waals surface area contributed by atoms with Gasteiger partial charge in [0.25, 0.3) is 5.56 Å². The van der Waals surface area contributed by atoms with Crippen molar-refractivity contribution in [2.45, 2.75) is 6.42 Å². The lowest BCUT2D eigenvalue weighted by Crippen LogP contribution is -2.15. The molecule has 19 heavy (non-hydrogen) atoms. The number of nitrogens with one attached hydrogen (secondary N) is 1. The van der Waals surface area contributed by atoms with Crippen LogP contribution in [0.15, 0.2) is 29.1 Å². The fraction of sp³-hybridized carbons (Fsp3) is 0.231. The van der Waals surface area contributed by atoms with Gasteiger partial charge in [0, 0.05) is 13.5 Å². The van der Waals surface area contributed by atoms with Crippen LogP contribution in [0.1, 0.15) is 5.82 Å². The third kappa shape index (κ3) is 2.97. The molecular formula is C13H13FN2O3. The number of ether oxygens (including phenoxy) is 1. The Hall–Kier alpha value is -2.21. The summed E-state index contributed by atoms with van der Waals surface area (Å²) in [6, 6.07) is 5.26. The summed E-state index contributed by atoms with van der Waals surface area (Å²) in [6.07, 6.45) is 0.392. The molecular weight excluding hydrogens is 251 g/mol. The molecule has 1 heterocycles. The van der Waals surface area contributed by atoms with Crippen molar-refractivity contribution >= 4 is 0 Å². The van der Waals surface area contributed by atoms with Gasteiger partial charge in [-0.2, -0.15) is 4.98 Å². The van der Waals surface area contributed by atoms with Gasteiger partial charge >= 0.3 is 0 Å². The second-order valence-corrected chi connectivity index (χ2v) is 3.96. The number of hydrogen-bond donors (Lipinski definition) is 2. The number of hydrogen-bond acceptors (Lipinski definition) is 4. The lowest BCUT2D eigenvalue weighted by atomic mass is 10.1. The number of aromatic nitrogens is 2. The molecule has 0 saturated carbocycles. The molecule has 0 aliphatic rings. The maximum atomic E-state index is 12.8. The van der Waals surface area contributed by atoms with Crippen LogP contribution in [0.4, 0.5) is 4.39 Å². The van der Waals surface area contributed by atoms with Crippen molar-refractivity contribution in [1.29, 1.82) is 0 Å². The van der Waals surface area contributed by atoms with Crippen LogP contribution in [0, 0.1) is 5.82 Å². The predicted molar refractivity (Wildman–Crippen MR) is 67.5 cm³/mol. The number of methoxy groups -OCH3 is 1. The number of H-pyrrole nitrogens is 1. The van der Waals surface area contributed by atoms with E-state index in [-0.39, 0.29) is 11.4 Å². The zero-order valence-corrected chi connectivity index (χ0v) is 10.3. The molecule has 2 rings (SSSR count). The summed E-state index contributed by atoms with van der Waals surface area (Å²) in [7, 11) is 1.53. The molecule has 0 fully saturated rings. The third-order valence-electron chi connectivity index (χ3n) is 2.63. The van der Waals surface area contributed by atoms with Gasteiger partial charge in [-0.15, -0.1) is 0 Å². The molecule has 0 spiro atoms. The number of halogens is 1. The van der Waals surface area contributed by atoms with Crippen LogP contribution in [0.5, 0.6) is 5.88 Å².